The predicted octanol–water partition coefficient (Wildman–Crippen LogP) is 2.27. The summed E-state index contributed by atoms with van der Waals surface area (Å²) < 4.78 is 23.4. The van der Waals surface area contributed by atoms with E-state index < -0.39 is 9.84 Å². The van der Waals surface area contributed by atoms with E-state index >= 15 is 0 Å². The lowest BCUT2D eigenvalue weighted by Crippen LogP contribution is -2.01. The lowest BCUT2D eigenvalue weighted by Gasteiger charge is -2.03. The second kappa shape index (κ2) is 4.11. The Labute approximate surface area is 91.6 Å². The summed E-state index contributed by atoms with van der Waals surface area (Å²) in [7, 11) is -3.25. The fourth-order valence-electron chi connectivity index (χ4n) is 1.09. The third-order valence-corrected chi connectivity index (χ3v) is 3.35. The summed E-state index contributed by atoms with van der Waals surface area (Å²) in [4.78, 5) is 3.40. The Balaban J connectivity index is 3.39. The molecule has 14 heavy (non-hydrogen) atoms. The molecule has 0 saturated heterocycles. The van der Waals surface area contributed by atoms with Crippen molar-refractivity contribution in [2.75, 3.05) is 6.26 Å². The van der Waals surface area contributed by atoms with Crippen LogP contribution in [0.4, 0.5) is 0 Å². The molecule has 0 spiro atoms. The van der Waals surface area contributed by atoms with Crippen LogP contribution in [0, 0.1) is 6.57 Å². The zero-order chi connectivity index (χ0) is 10.8. The predicted molar refractivity (Wildman–Crippen MR) is 57.6 cm³/mol. The van der Waals surface area contributed by atoms with E-state index in [0.29, 0.717) is 10.0 Å². The van der Waals surface area contributed by atoms with Crippen LogP contribution in [0.15, 0.2) is 27.6 Å². The summed E-state index contributed by atoms with van der Waals surface area (Å²) in [5, 5.41) is 0. The summed E-state index contributed by atoms with van der Waals surface area (Å²) in [5.74, 6) is 0. The molecule has 0 bridgehead atoms. The third kappa shape index (κ3) is 2.56. The SMILES string of the molecule is [C-]#[N+]Cc1ccc(Br)cc1S(C)(=O)=O. The van der Waals surface area contributed by atoms with Crippen LogP contribution in [-0.2, 0) is 16.4 Å². The number of hydrogen-bond donors (Lipinski definition) is 0. The van der Waals surface area contributed by atoms with Crippen LogP contribution >= 0.6 is 15.9 Å². The van der Waals surface area contributed by atoms with E-state index in [2.05, 4.69) is 20.8 Å². The van der Waals surface area contributed by atoms with E-state index in [1.165, 1.54) is 6.07 Å². The number of rotatable bonds is 2. The summed E-state index contributed by atoms with van der Waals surface area (Å²) in [6, 6.07) is 4.91. The fraction of sp³-hybridized carbons (Fsp3) is 0.222. The fourth-order valence-corrected chi connectivity index (χ4v) is 2.55. The van der Waals surface area contributed by atoms with Crippen LogP contribution in [0.3, 0.4) is 0 Å². The molecule has 0 aliphatic carbocycles. The molecule has 5 heteroatoms. The lowest BCUT2D eigenvalue weighted by atomic mass is 10.2. The summed E-state index contributed by atoms with van der Waals surface area (Å²) in [6.07, 6.45) is 1.14. The van der Waals surface area contributed by atoms with Gasteiger partial charge in [0.25, 0.3) is 0 Å². The van der Waals surface area contributed by atoms with Crippen LogP contribution in [0.2, 0.25) is 0 Å². The van der Waals surface area contributed by atoms with Gasteiger partial charge in [0.2, 0.25) is 6.54 Å². The van der Waals surface area contributed by atoms with Gasteiger partial charge in [-0.05, 0) is 18.2 Å². The number of halogens is 1. The maximum absolute atomic E-state index is 11.4. The van der Waals surface area contributed by atoms with Gasteiger partial charge in [0.1, 0.15) is 0 Å². The first-order valence-corrected chi connectivity index (χ1v) is 6.45. The van der Waals surface area contributed by atoms with Gasteiger partial charge in [-0.3, -0.25) is 0 Å². The molecule has 0 aliphatic heterocycles. The highest BCUT2D eigenvalue weighted by Crippen LogP contribution is 2.21. The van der Waals surface area contributed by atoms with Gasteiger partial charge in [0, 0.05) is 16.3 Å². The van der Waals surface area contributed by atoms with Gasteiger partial charge in [0.05, 0.1) is 4.90 Å². The van der Waals surface area contributed by atoms with E-state index in [4.69, 9.17) is 6.57 Å². The largest absolute Gasteiger partial charge is 0.312 e. The van der Waals surface area contributed by atoms with E-state index in [1.54, 1.807) is 12.1 Å². The number of hydrogen-bond acceptors (Lipinski definition) is 2. The minimum absolute atomic E-state index is 0.0929. The van der Waals surface area contributed by atoms with Crippen molar-refractivity contribution >= 4 is 25.8 Å². The van der Waals surface area contributed by atoms with Crippen molar-refractivity contribution in [2.24, 2.45) is 0 Å². The average Bonchev–Trinajstić information content (AvgIpc) is 2.07. The summed E-state index contributed by atoms with van der Waals surface area (Å²) >= 11 is 3.20. The minimum atomic E-state index is -3.25. The van der Waals surface area contributed by atoms with Crippen molar-refractivity contribution in [1.82, 2.24) is 0 Å². The van der Waals surface area contributed by atoms with Gasteiger partial charge in [0.15, 0.2) is 9.84 Å². The first-order chi connectivity index (χ1) is 6.45. The Morgan fingerprint density at radius 3 is 2.64 bits per heavy atom. The Morgan fingerprint density at radius 2 is 2.14 bits per heavy atom. The summed E-state index contributed by atoms with van der Waals surface area (Å²) in [6.45, 7) is 6.81. The molecule has 1 aromatic carbocycles. The second-order valence-corrected chi connectivity index (χ2v) is 5.74. The number of nitrogens with zero attached hydrogens (tertiary/aromatic N) is 1. The van der Waals surface area contributed by atoms with Gasteiger partial charge in [-0.2, -0.15) is 0 Å². The molecule has 0 radical (unpaired) electrons. The minimum Gasteiger partial charge on any atom is -0.312 e. The molecule has 1 rings (SSSR count). The van der Waals surface area contributed by atoms with E-state index in [1.807, 2.05) is 0 Å². The second-order valence-electron chi connectivity index (χ2n) is 2.84. The Hall–Kier alpha value is -0.860. The van der Waals surface area contributed by atoms with Gasteiger partial charge in [-0.15, -0.1) is 0 Å². The zero-order valence-corrected chi connectivity index (χ0v) is 9.89. The van der Waals surface area contributed by atoms with Gasteiger partial charge in [-0.25, -0.2) is 15.0 Å². The molecule has 0 saturated carbocycles. The molecular weight excluding hydrogens is 266 g/mol. The van der Waals surface area contributed by atoms with E-state index in [9.17, 15) is 8.42 Å². The molecule has 0 unspecified atom stereocenters. The first kappa shape index (κ1) is 11.2. The molecule has 74 valence electrons. The molecule has 0 N–H and O–H groups in total. The van der Waals surface area contributed by atoms with Crippen LogP contribution in [0.25, 0.3) is 4.85 Å². The number of benzene rings is 1. The maximum Gasteiger partial charge on any atom is 0.241 e. The Kier molecular flexibility index (Phi) is 3.29. The van der Waals surface area contributed by atoms with Crippen molar-refractivity contribution in [3.8, 4) is 0 Å². The van der Waals surface area contributed by atoms with Crippen molar-refractivity contribution < 1.29 is 8.42 Å². The highest BCUT2D eigenvalue weighted by molar-refractivity contribution is 9.10. The smallest absolute Gasteiger partial charge is 0.241 e. The Morgan fingerprint density at radius 1 is 1.50 bits per heavy atom. The topological polar surface area (TPSA) is 38.5 Å². The standard InChI is InChI=1S/C9H8BrNO2S/c1-11-6-7-3-4-8(10)5-9(7)14(2,12)13/h3-5H,6H2,2H3. The van der Waals surface area contributed by atoms with Gasteiger partial charge in [-0.1, -0.05) is 15.9 Å². The normalized spacial score (nSPS) is 10.9. The van der Waals surface area contributed by atoms with Crippen molar-refractivity contribution in [1.29, 1.82) is 0 Å². The highest BCUT2D eigenvalue weighted by Gasteiger charge is 2.14. The lowest BCUT2D eigenvalue weighted by molar-refractivity contribution is 0.601. The molecule has 0 aliphatic rings. The van der Waals surface area contributed by atoms with Crippen LogP contribution in [0.1, 0.15) is 5.56 Å². The van der Waals surface area contributed by atoms with Crippen molar-refractivity contribution in [2.45, 2.75) is 11.4 Å². The molecule has 1 aromatic rings. The number of sulfone groups is 1. The highest BCUT2D eigenvalue weighted by atomic mass is 79.9. The van der Waals surface area contributed by atoms with Crippen molar-refractivity contribution in [3.63, 3.8) is 0 Å². The quantitative estimate of drug-likeness (QED) is 0.776. The Bertz CT molecular complexity index is 488. The molecule has 0 atom stereocenters. The van der Waals surface area contributed by atoms with E-state index in [0.717, 1.165) is 6.26 Å². The maximum atomic E-state index is 11.4. The van der Waals surface area contributed by atoms with Crippen LogP contribution in [-0.4, -0.2) is 14.7 Å². The van der Waals surface area contributed by atoms with Crippen LogP contribution < -0.4 is 0 Å². The molecule has 0 amide bonds. The van der Waals surface area contributed by atoms with Gasteiger partial charge < -0.3 is 4.85 Å². The molecular formula is C9H8BrNO2S. The van der Waals surface area contributed by atoms with Crippen molar-refractivity contribution in [3.05, 3.63) is 39.7 Å². The van der Waals surface area contributed by atoms with Gasteiger partial charge >= 0.3 is 0 Å². The molecule has 3 nitrogen and oxygen atoms in total. The molecule has 0 fully saturated rings. The van der Waals surface area contributed by atoms with Crippen LogP contribution in [0.5, 0.6) is 0 Å². The first-order valence-electron chi connectivity index (χ1n) is 3.77. The van der Waals surface area contributed by atoms with E-state index in [-0.39, 0.29) is 11.4 Å². The third-order valence-electron chi connectivity index (χ3n) is 1.68. The monoisotopic (exact) mass is 273 g/mol. The zero-order valence-electron chi connectivity index (χ0n) is 7.49. The summed E-state index contributed by atoms with van der Waals surface area (Å²) in [5.41, 5.74) is 0.547. The molecule has 0 aromatic heterocycles. The average molecular weight is 274 g/mol. The molecule has 0 heterocycles.